The van der Waals surface area contributed by atoms with E-state index in [0.717, 1.165) is 25.9 Å². The van der Waals surface area contributed by atoms with Gasteiger partial charge in [0, 0.05) is 24.0 Å². The average Bonchev–Trinajstić information content (AvgIpc) is 2.13. The van der Waals surface area contributed by atoms with Gasteiger partial charge in [0.1, 0.15) is 0 Å². The minimum atomic E-state index is 0.0927. The molecule has 1 amide bonds. The molecule has 0 aromatic heterocycles. The SMILES string of the molecule is CCO[C@H]1C[C@H](NC(=O)C2CCC2)C1(C)C. The van der Waals surface area contributed by atoms with E-state index in [2.05, 4.69) is 19.2 Å². The normalized spacial score (nSPS) is 32.7. The Kier molecular flexibility index (Phi) is 3.24. The monoisotopic (exact) mass is 225 g/mol. The highest BCUT2D eigenvalue weighted by Crippen LogP contribution is 2.43. The fourth-order valence-corrected chi connectivity index (χ4v) is 2.57. The number of rotatable bonds is 4. The van der Waals surface area contributed by atoms with Gasteiger partial charge in [0.15, 0.2) is 0 Å². The third-order valence-corrected chi connectivity index (χ3v) is 4.34. The van der Waals surface area contributed by atoms with Crippen LogP contribution >= 0.6 is 0 Å². The highest BCUT2D eigenvalue weighted by atomic mass is 16.5. The van der Waals surface area contributed by atoms with Crippen molar-refractivity contribution in [1.29, 1.82) is 0 Å². The van der Waals surface area contributed by atoms with Gasteiger partial charge in [-0.3, -0.25) is 4.79 Å². The van der Waals surface area contributed by atoms with E-state index >= 15 is 0 Å². The Morgan fingerprint density at radius 3 is 2.56 bits per heavy atom. The van der Waals surface area contributed by atoms with Crippen molar-refractivity contribution < 1.29 is 9.53 Å². The van der Waals surface area contributed by atoms with Crippen LogP contribution in [-0.2, 0) is 9.53 Å². The lowest BCUT2D eigenvalue weighted by atomic mass is 9.64. The fraction of sp³-hybridized carbons (Fsp3) is 0.923. The van der Waals surface area contributed by atoms with Gasteiger partial charge in [0.05, 0.1) is 6.10 Å². The van der Waals surface area contributed by atoms with Crippen molar-refractivity contribution >= 4 is 5.91 Å². The fourth-order valence-electron chi connectivity index (χ4n) is 2.57. The third kappa shape index (κ3) is 1.97. The van der Waals surface area contributed by atoms with Gasteiger partial charge in [-0.15, -0.1) is 0 Å². The summed E-state index contributed by atoms with van der Waals surface area (Å²) in [4.78, 5) is 11.8. The number of hydrogen-bond donors (Lipinski definition) is 1. The number of amides is 1. The van der Waals surface area contributed by atoms with E-state index in [0.29, 0.717) is 18.1 Å². The van der Waals surface area contributed by atoms with Gasteiger partial charge in [-0.2, -0.15) is 0 Å². The van der Waals surface area contributed by atoms with Crippen molar-refractivity contribution in [3.63, 3.8) is 0 Å². The molecule has 0 heterocycles. The molecular weight excluding hydrogens is 202 g/mol. The largest absolute Gasteiger partial charge is 0.378 e. The molecule has 0 aliphatic heterocycles. The van der Waals surface area contributed by atoms with E-state index in [1.807, 2.05) is 6.92 Å². The van der Waals surface area contributed by atoms with Crippen molar-refractivity contribution in [2.45, 2.75) is 58.6 Å². The molecule has 2 aliphatic carbocycles. The Labute approximate surface area is 97.9 Å². The molecule has 2 rings (SSSR count). The molecule has 3 nitrogen and oxygen atoms in total. The summed E-state index contributed by atoms with van der Waals surface area (Å²) in [6.07, 6.45) is 4.65. The van der Waals surface area contributed by atoms with Crippen LogP contribution in [0.15, 0.2) is 0 Å². The molecule has 0 aromatic carbocycles. The maximum absolute atomic E-state index is 11.8. The smallest absolute Gasteiger partial charge is 0.223 e. The topological polar surface area (TPSA) is 38.3 Å². The summed E-state index contributed by atoms with van der Waals surface area (Å²) < 4.78 is 5.65. The lowest BCUT2D eigenvalue weighted by Crippen LogP contribution is -2.62. The lowest BCUT2D eigenvalue weighted by molar-refractivity contribution is -0.141. The molecule has 0 spiro atoms. The van der Waals surface area contributed by atoms with E-state index in [4.69, 9.17) is 4.74 Å². The average molecular weight is 225 g/mol. The van der Waals surface area contributed by atoms with Crippen molar-refractivity contribution in [3.8, 4) is 0 Å². The highest BCUT2D eigenvalue weighted by Gasteiger charge is 2.50. The maximum atomic E-state index is 11.8. The molecule has 2 aliphatic rings. The van der Waals surface area contributed by atoms with E-state index in [1.165, 1.54) is 6.42 Å². The van der Waals surface area contributed by atoms with Crippen LogP contribution in [0.3, 0.4) is 0 Å². The van der Waals surface area contributed by atoms with Crippen molar-refractivity contribution in [1.82, 2.24) is 5.32 Å². The number of nitrogens with one attached hydrogen (secondary N) is 1. The Balaban J connectivity index is 1.81. The molecule has 92 valence electrons. The second-order valence-electron chi connectivity index (χ2n) is 5.69. The number of carbonyl (C=O) groups is 1. The van der Waals surface area contributed by atoms with Crippen molar-refractivity contribution in [2.75, 3.05) is 6.61 Å². The van der Waals surface area contributed by atoms with E-state index < -0.39 is 0 Å². The summed E-state index contributed by atoms with van der Waals surface area (Å²) in [5.74, 6) is 0.557. The predicted octanol–water partition coefficient (Wildman–Crippen LogP) is 2.11. The first-order valence-corrected chi connectivity index (χ1v) is 6.47. The first-order valence-electron chi connectivity index (χ1n) is 6.47. The zero-order valence-corrected chi connectivity index (χ0v) is 10.6. The molecule has 16 heavy (non-hydrogen) atoms. The minimum absolute atomic E-state index is 0.0927. The maximum Gasteiger partial charge on any atom is 0.223 e. The van der Waals surface area contributed by atoms with Gasteiger partial charge >= 0.3 is 0 Å². The van der Waals surface area contributed by atoms with Gasteiger partial charge in [-0.1, -0.05) is 20.3 Å². The Hall–Kier alpha value is -0.570. The molecule has 3 heteroatoms. The second kappa shape index (κ2) is 4.36. The molecule has 2 saturated carbocycles. The second-order valence-corrected chi connectivity index (χ2v) is 5.69. The third-order valence-electron chi connectivity index (χ3n) is 4.34. The number of ether oxygens (including phenoxy) is 1. The molecule has 0 bridgehead atoms. The van der Waals surface area contributed by atoms with Crippen LogP contribution < -0.4 is 5.32 Å². The lowest BCUT2D eigenvalue weighted by Gasteiger charge is -2.52. The van der Waals surface area contributed by atoms with Gasteiger partial charge in [0.2, 0.25) is 5.91 Å². The summed E-state index contributed by atoms with van der Waals surface area (Å²) >= 11 is 0. The van der Waals surface area contributed by atoms with E-state index in [-0.39, 0.29) is 11.3 Å². The zero-order valence-electron chi connectivity index (χ0n) is 10.6. The summed E-state index contributed by atoms with van der Waals surface area (Å²) in [7, 11) is 0. The van der Waals surface area contributed by atoms with Gasteiger partial charge in [-0.05, 0) is 26.2 Å². The van der Waals surface area contributed by atoms with Crippen LogP contribution in [0.4, 0.5) is 0 Å². The zero-order chi connectivity index (χ0) is 11.8. The van der Waals surface area contributed by atoms with E-state index in [1.54, 1.807) is 0 Å². The summed E-state index contributed by atoms with van der Waals surface area (Å²) in [5.41, 5.74) is 0.0927. The quantitative estimate of drug-likeness (QED) is 0.795. The van der Waals surface area contributed by atoms with Crippen LogP contribution in [0.1, 0.15) is 46.5 Å². The Morgan fingerprint density at radius 1 is 1.44 bits per heavy atom. The van der Waals surface area contributed by atoms with Crippen LogP contribution in [0.2, 0.25) is 0 Å². The predicted molar refractivity (Wildman–Crippen MR) is 63.1 cm³/mol. The van der Waals surface area contributed by atoms with Gasteiger partial charge < -0.3 is 10.1 Å². The van der Waals surface area contributed by atoms with Crippen molar-refractivity contribution in [3.05, 3.63) is 0 Å². The molecule has 1 N–H and O–H groups in total. The standard InChI is InChI=1S/C13H23NO2/c1-4-16-11-8-10(13(11,2)3)14-12(15)9-6-5-7-9/h9-11H,4-8H2,1-3H3,(H,14,15)/t10-,11-/m0/s1. The van der Waals surface area contributed by atoms with Crippen molar-refractivity contribution in [2.24, 2.45) is 11.3 Å². The number of carbonyl (C=O) groups excluding carboxylic acids is 1. The molecule has 0 saturated heterocycles. The van der Waals surface area contributed by atoms with Crippen LogP contribution in [0.25, 0.3) is 0 Å². The summed E-state index contributed by atoms with van der Waals surface area (Å²) in [6.45, 7) is 7.15. The Bertz CT molecular complexity index is 271. The van der Waals surface area contributed by atoms with E-state index in [9.17, 15) is 4.79 Å². The van der Waals surface area contributed by atoms with Crippen LogP contribution in [0, 0.1) is 11.3 Å². The number of hydrogen-bond acceptors (Lipinski definition) is 2. The summed E-state index contributed by atoms with van der Waals surface area (Å²) in [6, 6.07) is 0.303. The van der Waals surface area contributed by atoms with Crippen LogP contribution in [0.5, 0.6) is 0 Å². The van der Waals surface area contributed by atoms with Crippen LogP contribution in [-0.4, -0.2) is 24.7 Å². The molecular formula is C13H23NO2. The molecule has 0 aromatic rings. The first-order chi connectivity index (χ1) is 7.55. The molecule has 2 fully saturated rings. The highest BCUT2D eigenvalue weighted by molar-refractivity contribution is 5.79. The Morgan fingerprint density at radius 2 is 2.12 bits per heavy atom. The molecule has 2 atom stereocenters. The van der Waals surface area contributed by atoms with Gasteiger partial charge in [-0.25, -0.2) is 0 Å². The first kappa shape index (κ1) is 11.9. The molecule has 0 radical (unpaired) electrons. The molecule has 0 unspecified atom stereocenters. The summed E-state index contributed by atoms with van der Waals surface area (Å²) in [5, 5.41) is 3.18. The van der Waals surface area contributed by atoms with Gasteiger partial charge in [0.25, 0.3) is 0 Å². The minimum Gasteiger partial charge on any atom is -0.378 e.